The van der Waals surface area contributed by atoms with E-state index in [0.717, 1.165) is 35.3 Å². The highest BCUT2D eigenvalue weighted by Gasteiger charge is 2.32. The monoisotopic (exact) mass is 475 g/mol. The van der Waals surface area contributed by atoms with E-state index in [2.05, 4.69) is 18.2 Å². The van der Waals surface area contributed by atoms with Gasteiger partial charge in [0.15, 0.2) is 0 Å². The molecule has 35 heavy (non-hydrogen) atoms. The topological polar surface area (TPSA) is 51.5 Å². The summed E-state index contributed by atoms with van der Waals surface area (Å²) in [6.07, 6.45) is 22.7. The molecule has 0 radical (unpaired) electrons. The second-order valence-electron chi connectivity index (χ2n) is 11.2. The Labute approximate surface area is 209 Å². The Hall–Kier alpha value is -2.33. The highest BCUT2D eigenvalue weighted by Crippen LogP contribution is 2.44. The fourth-order valence-corrected chi connectivity index (χ4v) is 6.63. The molecular formula is C31H41NO3. The van der Waals surface area contributed by atoms with Gasteiger partial charge in [0, 0.05) is 17.3 Å². The highest BCUT2D eigenvalue weighted by molar-refractivity contribution is 5.83. The molecule has 4 heteroatoms. The lowest BCUT2D eigenvalue weighted by molar-refractivity contribution is 0.104. The van der Waals surface area contributed by atoms with Crippen molar-refractivity contribution in [2.45, 2.75) is 83.7 Å². The molecule has 0 saturated heterocycles. The molecule has 0 aliphatic heterocycles. The molecule has 2 unspecified atom stereocenters. The Morgan fingerprint density at radius 1 is 1.09 bits per heavy atom. The molecule has 1 aromatic heterocycles. The third-order valence-electron chi connectivity index (χ3n) is 8.77. The number of rotatable bonds is 8. The molecule has 4 nitrogen and oxygen atoms in total. The molecule has 3 aliphatic rings. The molecule has 0 bridgehead atoms. The maximum Gasteiger partial charge on any atom is 0.262 e. The van der Waals surface area contributed by atoms with Crippen LogP contribution in [0.3, 0.4) is 0 Å². The van der Waals surface area contributed by atoms with Gasteiger partial charge < -0.3 is 9.84 Å². The van der Waals surface area contributed by atoms with Crippen LogP contribution in [-0.2, 0) is 0 Å². The van der Waals surface area contributed by atoms with E-state index >= 15 is 0 Å². The number of allylic oxidation sites excluding steroid dienone is 4. The number of hydrogen-bond acceptors (Lipinski definition) is 3. The molecule has 4 atom stereocenters. The number of aliphatic hydroxyl groups is 1. The van der Waals surface area contributed by atoms with Crippen molar-refractivity contribution in [3.63, 3.8) is 0 Å². The zero-order valence-corrected chi connectivity index (χ0v) is 21.2. The number of fused-ring (bicyclic) bond motifs is 1. The van der Waals surface area contributed by atoms with E-state index < -0.39 is 6.10 Å². The minimum Gasteiger partial charge on any atom is -0.491 e. The van der Waals surface area contributed by atoms with Crippen LogP contribution in [0.1, 0.15) is 77.6 Å². The van der Waals surface area contributed by atoms with Gasteiger partial charge in [-0.05, 0) is 91.5 Å². The van der Waals surface area contributed by atoms with Crippen molar-refractivity contribution in [2.24, 2.45) is 23.7 Å². The molecule has 5 rings (SSSR count). The number of hydrogen-bond donors (Lipinski definition) is 1. The summed E-state index contributed by atoms with van der Waals surface area (Å²) in [4.78, 5) is 13.2. The summed E-state index contributed by atoms with van der Waals surface area (Å²) >= 11 is 0. The molecule has 0 amide bonds. The number of nitrogens with zero attached hydrogens (tertiary/aromatic N) is 1. The smallest absolute Gasteiger partial charge is 0.262 e. The van der Waals surface area contributed by atoms with Crippen molar-refractivity contribution in [1.82, 2.24) is 4.57 Å². The van der Waals surface area contributed by atoms with Crippen LogP contribution in [0.15, 0.2) is 53.5 Å². The molecule has 2 saturated carbocycles. The molecular weight excluding hydrogens is 434 g/mol. The van der Waals surface area contributed by atoms with Gasteiger partial charge in [-0.3, -0.25) is 9.36 Å². The first-order chi connectivity index (χ1) is 17.1. The molecule has 188 valence electrons. The number of pyridine rings is 1. The Kier molecular flexibility index (Phi) is 7.77. The first kappa shape index (κ1) is 24.4. The maximum absolute atomic E-state index is 13.2. The number of ether oxygens (including phenoxy) is 1. The van der Waals surface area contributed by atoms with Gasteiger partial charge >= 0.3 is 0 Å². The lowest BCUT2D eigenvalue weighted by atomic mass is 9.78. The number of benzene rings is 1. The fourth-order valence-electron chi connectivity index (χ4n) is 6.63. The summed E-state index contributed by atoms with van der Waals surface area (Å²) in [5.74, 6) is 4.15. The third-order valence-corrected chi connectivity index (χ3v) is 8.77. The van der Waals surface area contributed by atoms with Gasteiger partial charge in [-0.25, -0.2) is 0 Å². The van der Waals surface area contributed by atoms with Gasteiger partial charge in [0.05, 0.1) is 6.10 Å². The quantitative estimate of drug-likeness (QED) is 0.449. The van der Waals surface area contributed by atoms with E-state index in [1.54, 1.807) is 4.57 Å². The maximum atomic E-state index is 13.2. The average Bonchev–Trinajstić information content (AvgIpc) is 3.37. The van der Waals surface area contributed by atoms with E-state index in [1.165, 1.54) is 57.8 Å². The average molecular weight is 476 g/mol. The number of aliphatic hydroxyl groups excluding tert-OH is 1. The minimum absolute atomic E-state index is 0.00288. The van der Waals surface area contributed by atoms with Crippen molar-refractivity contribution < 1.29 is 9.84 Å². The van der Waals surface area contributed by atoms with E-state index in [9.17, 15) is 9.90 Å². The molecule has 1 heterocycles. The van der Waals surface area contributed by atoms with Crippen LogP contribution in [0.2, 0.25) is 0 Å². The lowest BCUT2D eigenvalue weighted by Crippen LogP contribution is -2.20. The summed E-state index contributed by atoms with van der Waals surface area (Å²) in [6.45, 7) is 2.19. The summed E-state index contributed by atoms with van der Waals surface area (Å²) in [6, 6.07) is 7.51. The number of aromatic nitrogens is 1. The Morgan fingerprint density at radius 2 is 1.94 bits per heavy atom. The summed E-state index contributed by atoms with van der Waals surface area (Å²) < 4.78 is 7.45. The summed E-state index contributed by atoms with van der Waals surface area (Å²) in [5.41, 5.74) is 0.981. The van der Waals surface area contributed by atoms with Gasteiger partial charge in [-0.2, -0.15) is 0 Å². The molecule has 2 fully saturated rings. The molecule has 1 aromatic carbocycles. The van der Waals surface area contributed by atoms with Crippen LogP contribution in [0.5, 0.6) is 5.75 Å². The van der Waals surface area contributed by atoms with Gasteiger partial charge in [0.2, 0.25) is 0 Å². The standard InChI is InChI=1S/C31H41NO3/c1-2-28(33)21-35-29-14-15-30-26(20-29)16-17-32(31(30)34)27-12-9-22(10-13-27)18-23-8-11-25(19-23)24-6-4-3-5-7-24/h9,12-17,20,22-25,28,33H,2-8,10-11,18-19,21H2,1H3/t22?,23?,25-,28+/m1/s1. The Balaban J connectivity index is 1.19. The molecule has 0 spiro atoms. The van der Waals surface area contributed by atoms with Gasteiger partial charge in [-0.15, -0.1) is 0 Å². The van der Waals surface area contributed by atoms with Gasteiger partial charge in [0.1, 0.15) is 12.4 Å². The van der Waals surface area contributed by atoms with Crippen molar-refractivity contribution in [3.8, 4) is 5.75 Å². The SMILES string of the molecule is CC[C@H](O)COc1ccc2c(=O)n(C3=CCC(CC4CC[C@@H](C5CCCCC5)C4)C=C3)ccc2c1. The van der Waals surface area contributed by atoms with Crippen LogP contribution in [0, 0.1) is 23.7 Å². The van der Waals surface area contributed by atoms with Crippen molar-refractivity contribution >= 4 is 16.5 Å². The van der Waals surface area contributed by atoms with E-state index in [-0.39, 0.29) is 12.2 Å². The largest absolute Gasteiger partial charge is 0.491 e. The molecule has 2 aromatic rings. The Bertz CT molecular complexity index is 1120. The Morgan fingerprint density at radius 3 is 2.71 bits per heavy atom. The summed E-state index contributed by atoms with van der Waals surface area (Å²) in [5, 5.41) is 11.3. The molecule has 3 aliphatic carbocycles. The predicted octanol–water partition coefficient (Wildman–Crippen LogP) is 6.95. The van der Waals surface area contributed by atoms with Crippen molar-refractivity contribution in [3.05, 3.63) is 59.0 Å². The lowest BCUT2D eigenvalue weighted by Gasteiger charge is -2.28. The van der Waals surface area contributed by atoms with E-state index in [4.69, 9.17) is 4.74 Å². The zero-order chi connectivity index (χ0) is 24.2. The summed E-state index contributed by atoms with van der Waals surface area (Å²) in [7, 11) is 0. The van der Waals surface area contributed by atoms with Crippen molar-refractivity contribution in [2.75, 3.05) is 6.61 Å². The highest BCUT2D eigenvalue weighted by atomic mass is 16.5. The zero-order valence-electron chi connectivity index (χ0n) is 21.2. The fraction of sp³-hybridized carbons (Fsp3) is 0.581. The second kappa shape index (κ2) is 11.2. The van der Waals surface area contributed by atoms with Crippen LogP contribution < -0.4 is 10.3 Å². The van der Waals surface area contributed by atoms with Crippen LogP contribution >= 0.6 is 0 Å². The normalized spacial score (nSPS) is 26.1. The first-order valence-corrected chi connectivity index (χ1v) is 14.0. The third kappa shape index (κ3) is 5.74. The van der Waals surface area contributed by atoms with Crippen LogP contribution in [0.25, 0.3) is 16.5 Å². The van der Waals surface area contributed by atoms with Crippen LogP contribution in [0.4, 0.5) is 0 Å². The van der Waals surface area contributed by atoms with E-state index in [1.807, 2.05) is 37.4 Å². The molecule has 1 N–H and O–H groups in total. The first-order valence-electron chi connectivity index (χ1n) is 14.0. The van der Waals surface area contributed by atoms with E-state index in [0.29, 0.717) is 23.5 Å². The van der Waals surface area contributed by atoms with Gasteiger partial charge in [-0.1, -0.05) is 57.6 Å². The minimum atomic E-state index is -0.473. The second-order valence-corrected chi connectivity index (χ2v) is 11.2. The van der Waals surface area contributed by atoms with Crippen molar-refractivity contribution in [1.29, 1.82) is 0 Å². The van der Waals surface area contributed by atoms with Crippen LogP contribution in [-0.4, -0.2) is 22.4 Å². The predicted molar refractivity (Wildman–Crippen MR) is 144 cm³/mol. The van der Waals surface area contributed by atoms with Gasteiger partial charge in [0.25, 0.3) is 5.56 Å².